The third-order valence-corrected chi connectivity index (χ3v) is 4.85. The van der Waals surface area contributed by atoms with Gasteiger partial charge in [-0.3, -0.25) is 0 Å². The molecular weight excluding hydrogens is 386 g/mol. The van der Waals surface area contributed by atoms with E-state index in [-0.39, 0.29) is 6.03 Å². The Morgan fingerprint density at radius 2 is 1.79 bits per heavy atom. The van der Waals surface area contributed by atoms with Gasteiger partial charge in [-0.15, -0.1) is 0 Å². The van der Waals surface area contributed by atoms with Crippen LogP contribution < -0.4 is 16.4 Å². The van der Waals surface area contributed by atoms with Crippen molar-refractivity contribution in [2.24, 2.45) is 0 Å². The Hall–Kier alpha value is -3.10. The maximum atomic E-state index is 12.2. The van der Waals surface area contributed by atoms with Gasteiger partial charge in [-0.1, -0.05) is 30.2 Å². The molecule has 0 radical (unpaired) electrons. The van der Waals surface area contributed by atoms with Gasteiger partial charge in [0, 0.05) is 23.0 Å². The van der Waals surface area contributed by atoms with Crippen molar-refractivity contribution in [1.29, 1.82) is 0 Å². The number of benzene rings is 2. The van der Waals surface area contributed by atoms with Crippen LogP contribution in [0.1, 0.15) is 18.2 Å². The second-order valence-corrected chi connectivity index (χ2v) is 7.97. The number of hydrogen-bond donors (Lipinski definition) is 3. The Kier molecular flexibility index (Phi) is 6.69. The Balaban J connectivity index is 1.68. The molecule has 150 valence electrons. The van der Waals surface area contributed by atoms with Gasteiger partial charge in [0.2, 0.25) is 0 Å². The monoisotopic (exact) mass is 409 g/mol. The van der Waals surface area contributed by atoms with E-state index in [0.717, 1.165) is 23.2 Å². The minimum absolute atomic E-state index is 0.318. The number of nitrogens with two attached hydrogens (primary N) is 1. The van der Waals surface area contributed by atoms with Crippen molar-refractivity contribution in [2.75, 3.05) is 22.6 Å². The topological polar surface area (TPSA) is 116 Å². The van der Waals surface area contributed by atoms with Crippen molar-refractivity contribution in [3.05, 3.63) is 65.9 Å². The summed E-state index contributed by atoms with van der Waals surface area (Å²) in [6.45, 7) is 2.06. The maximum Gasteiger partial charge on any atom is 0.323 e. The van der Waals surface area contributed by atoms with Crippen LogP contribution in [-0.2, 0) is 23.3 Å². The third kappa shape index (κ3) is 5.94. The largest absolute Gasteiger partial charge is 0.616 e. The first-order valence-corrected chi connectivity index (χ1v) is 10.9. The second kappa shape index (κ2) is 9.40. The van der Waals surface area contributed by atoms with Crippen molar-refractivity contribution in [3.63, 3.8) is 0 Å². The van der Waals surface area contributed by atoms with Gasteiger partial charge in [-0.2, -0.15) is 0 Å². The summed E-state index contributed by atoms with van der Waals surface area (Å²) in [6, 6.07) is 16.2. The van der Waals surface area contributed by atoms with Gasteiger partial charge in [-0.25, -0.2) is 14.8 Å². The van der Waals surface area contributed by atoms with E-state index in [0.29, 0.717) is 28.8 Å². The zero-order valence-corrected chi connectivity index (χ0v) is 17.1. The number of anilines is 3. The number of carbonyl (C=O) groups excluding carboxylic acids is 1. The maximum absolute atomic E-state index is 12.2. The molecule has 0 spiro atoms. The lowest BCUT2D eigenvalue weighted by Crippen LogP contribution is -2.19. The number of aromatic nitrogens is 2. The van der Waals surface area contributed by atoms with Crippen molar-refractivity contribution in [3.8, 4) is 11.4 Å². The van der Waals surface area contributed by atoms with Crippen LogP contribution in [-0.4, -0.2) is 26.8 Å². The van der Waals surface area contributed by atoms with Crippen LogP contribution in [0.5, 0.6) is 0 Å². The number of nitrogens with one attached hydrogen (secondary N) is 2. The van der Waals surface area contributed by atoms with Crippen molar-refractivity contribution < 1.29 is 9.35 Å². The molecule has 29 heavy (non-hydrogen) atoms. The molecule has 7 nitrogen and oxygen atoms in total. The lowest BCUT2D eigenvalue weighted by atomic mass is 10.1. The summed E-state index contributed by atoms with van der Waals surface area (Å²) in [5.74, 6) is 1.10. The van der Waals surface area contributed by atoms with E-state index in [9.17, 15) is 9.35 Å². The van der Waals surface area contributed by atoms with Crippen LogP contribution in [0.2, 0.25) is 0 Å². The molecular formula is C21H23N5O2S. The molecule has 0 saturated heterocycles. The number of urea groups is 1. The lowest BCUT2D eigenvalue weighted by molar-refractivity contribution is 0.262. The van der Waals surface area contributed by atoms with Gasteiger partial charge in [0.15, 0.2) is 5.82 Å². The number of nitrogen functional groups attached to an aromatic ring is 1. The predicted molar refractivity (Wildman–Crippen MR) is 118 cm³/mol. The molecule has 1 aromatic heterocycles. The summed E-state index contributed by atoms with van der Waals surface area (Å²) in [5, 5.41) is 5.62. The molecule has 0 saturated carbocycles. The molecule has 3 rings (SSSR count). The first-order valence-electron chi connectivity index (χ1n) is 9.14. The van der Waals surface area contributed by atoms with Gasteiger partial charge in [0.25, 0.3) is 0 Å². The molecule has 0 aliphatic heterocycles. The molecule has 1 heterocycles. The van der Waals surface area contributed by atoms with Crippen LogP contribution >= 0.6 is 0 Å². The smallest absolute Gasteiger partial charge is 0.323 e. The fraction of sp³-hybridized carbons (Fsp3) is 0.190. The van der Waals surface area contributed by atoms with Gasteiger partial charge in [0.1, 0.15) is 11.6 Å². The lowest BCUT2D eigenvalue weighted by Gasteiger charge is -2.10. The fourth-order valence-corrected chi connectivity index (χ4v) is 3.36. The first-order chi connectivity index (χ1) is 13.9. The number of hydrogen-bond acceptors (Lipinski definition) is 5. The summed E-state index contributed by atoms with van der Waals surface area (Å²) in [5.41, 5.74) is 9.76. The van der Waals surface area contributed by atoms with E-state index in [1.165, 1.54) is 0 Å². The Labute approximate surface area is 173 Å². The standard InChI is InChI=1S/C21H23N5O2S/c1-3-14-5-4-6-17(11-14)25-21(27)24-16-9-7-15(8-10-16)20-23-18(13-29(2)28)12-19(22)26-20/h4-12H,3,13H2,1-2H3,(H2,22,23,26)(H2,24,25,27). The van der Waals surface area contributed by atoms with Crippen LogP contribution in [0, 0.1) is 0 Å². The van der Waals surface area contributed by atoms with E-state index >= 15 is 0 Å². The second-order valence-electron chi connectivity index (χ2n) is 6.54. The average molecular weight is 410 g/mol. The molecule has 8 heteroatoms. The molecule has 4 N–H and O–H groups in total. The van der Waals surface area contributed by atoms with E-state index in [4.69, 9.17) is 5.73 Å². The third-order valence-electron chi connectivity index (χ3n) is 4.14. The van der Waals surface area contributed by atoms with Crippen molar-refractivity contribution in [2.45, 2.75) is 19.1 Å². The van der Waals surface area contributed by atoms with E-state index in [2.05, 4.69) is 27.5 Å². The van der Waals surface area contributed by atoms with Gasteiger partial charge >= 0.3 is 6.03 Å². The van der Waals surface area contributed by atoms with Gasteiger partial charge in [0.05, 0.1) is 11.9 Å². The van der Waals surface area contributed by atoms with E-state index < -0.39 is 11.2 Å². The normalized spacial score (nSPS) is 11.7. The summed E-state index contributed by atoms with van der Waals surface area (Å²) in [4.78, 5) is 20.9. The average Bonchev–Trinajstić information content (AvgIpc) is 2.67. The Morgan fingerprint density at radius 1 is 1.07 bits per heavy atom. The highest BCUT2D eigenvalue weighted by Crippen LogP contribution is 2.20. The summed E-state index contributed by atoms with van der Waals surface area (Å²) >= 11 is -1.02. The Morgan fingerprint density at radius 3 is 2.48 bits per heavy atom. The number of nitrogens with zero attached hydrogens (tertiary/aromatic N) is 2. The molecule has 0 aliphatic rings. The summed E-state index contributed by atoms with van der Waals surface area (Å²) in [6.07, 6.45) is 2.52. The van der Waals surface area contributed by atoms with Crippen LogP contribution in [0.4, 0.5) is 22.0 Å². The highest BCUT2D eigenvalue weighted by molar-refractivity contribution is 7.89. The molecule has 0 fully saturated rings. The van der Waals surface area contributed by atoms with Crippen LogP contribution in [0.3, 0.4) is 0 Å². The SMILES string of the molecule is CCc1cccc(NC(=O)Nc2ccc(-c3nc(N)cc(C[S+](C)[O-])n3)cc2)c1. The summed E-state index contributed by atoms with van der Waals surface area (Å²) in [7, 11) is 0. The van der Waals surface area contributed by atoms with Crippen LogP contribution in [0.25, 0.3) is 11.4 Å². The Bertz CT molecular complexity index is 993. The molecule has 0 aliphatic carbocycles. The fourth-order valence-electron chi connectivity index (χ4n) is 2.79. The van der Waals surface area contributed by atoms with E-state index in [1.807, 2.05) is 24.3 Å². The quantitative estimate of drug-likeness (QED) is 0.535. The van der Waals surface area contributed by atoms with Crippen molar-refractivity contribution in [1.82, 2.24) is 9.97 Å². The minimum Gasteiger partial charge on any atom is -0.616 e. The number of carbonyl (C=O) groups is 1. The zero-order valence-electron chi connectivity index (χ0n) is 16.3. The highest BCUT2D eigenvalue weighted by atomic mass is 32.2. The number of rotatable bonds is 6. The molecule has 2 amide bonds. The molecule has 1 unspecified atom stereocenters. The molecule has 2 aromatic carbocycles. The zero-order chi connectivity index (χ0) is 20.8. The van der Waals surface area contributed by atoms with Gasteiger partial charge < -0.3 is 20.9 Å². The molecule has 0 bridgehead atoms. The number of aryl methyl sites for hydroxylation is 1. The van der Waals surface area contributed by atoms with Crippen LogP contribution in [0.15, 0.2) is 54.6 Å². The minimum atomic E-state index is -1.02. The predicted octanol–water partition coefficient (Wildman–Crippen LogP) is 3.81. The van der Waals surface area contributed by atoms with Gasteiger partial charge in [-0.05, 0) is 48.4 Å². The highest BCUT2D eigenvalue weighted by Gasteiger charge is 2.10. The number of amides is 2. The molecule has 3 aromatic rings. The first kappa shape index (κ1) is 20.6. The van der Waals surface area contributed by atoms with Crippen molar-refractivity contribution >= 4 is 34.4 Å². The summed E-state index contributed by atoms with van der Waals surface area (Å²) < 4.78 is 11.5. The molecule has 1 atom stereocenters. The van der Waals surface area contributed by atoms with E-state index in [1.54, 1.807) is 36.6 Å².